The number of rotatable bonds is 2. The molecular formula is C8H6F4O. The van der Waals surface area contributed by atoms with Crippen molar-refractivity contribution < 1.29 is 22.3 Å². The summed E-state index contributed by atoms with van der Waals surface area (Å²) in [5.41, 5.74) is -0.849. The van der Waals surface area contributed by atoms with Gasteiger partial charge in [-0.15, -0.1) is 0 Å². The van der Waals surface area contributed by atoms with E-state index in [1.54, 1.807) is 0 Å². The highest BCUT2D eigenvalue weighted by Crippen LogP contribution is 2.31. The summed E-state index contributed by atoms with van der Waals surface area (Å²) in [7, 11) is 0. The number of hydrogen-bond donors (Lipinski definition) is 0. The van der Waals surface area contributed by atoms with Gasteiger partial charge in [-0.3, -0.25) is 0 Å². The number of ether oxygens (including phenoxy) is 1. The molecule has 0 unspecified atom stereocenters. The zero-order valence-corrected chi connectivity index (χ0v) is 6.44. The van der Waals surface area contributed by atoms with E-state index in [1.807, 2.05) is 0 Å². The first-order valence-corrected chi connectivity index (χ1v) is 3.40. The molecule has 0 radical (unpaired) electrons. The Morgan fingerprint density at radius 2 is 1.92 bits per heavy atom. The predicted molar refractivity (Wildman–Crippen MR) is 38.0 cm³/mol. The molecule has 0 bridgehead atoms. The lowest BCUT2D eigenvalue weighted by Gasteiger charge is -2.07. The Morgan fingerprint density at radius 1 is 1.23 bits per heavy atom. The summed E-state index contributed by atoms with van der Waals surface area (Å²) in [5, 5.41) is 0. The molecule has 0 aliphatic carbocycles. The first-order chi connectivity index (χ1) is 6.04. The second-order valence-electron chi connectivity index (χ2n) is 2.28. The molecule has 0 saturated carbocycles. The molecule has 1 aromatic carbocycles. The predicted octanol–water partition coefficient (Wildman–Crippen LogP) is 3.01. The van der Waals surface area contributed by atoms with Crippen LogP contribution in [0.25, 0.3) is 0 Å². The lowest BCUT2D eigenvalue weighted by molar-refractivity contribution is -0.137. The van der Waals surface area contributed by atoms with E-state index in [1.165, 1.54) is 6.07 Å². The Morgan fingerprint density at radius 3 is 2.46 bits per heavy atom. The van der Waals surface area contributed by atoms with Crippen LogP contribution in [0, 0.1) is 0 Å². The third kappa shape index (κ3) is 2.61. The summed E-state index contributed by atoms with van der Waals surface area (Å²) in [5.74, 6) is -0.127. The van der Waals surface area contributed by atoms with Gasteiger partial charge in [0.15, 0.2) is 0 Å². The Balaban J connectivity index is 2.92. The van der Waals surface area contributed by atoms with Gasteiger partial charge in [0.25, 0.3) is 0 Å². The van der Waals surface area contributed by atoms with Crippen molar-refractivity contribution in [2.75, 3.05) is 6.86 Å². The van der Waals surface area contributed by atoms with Crippen molar-refractivity contribution in [3.8, 4) is 5.75 Å². The molecular weight excluding hydrogens is 188 g/mol. The summed E-state index contributed by atoms with van der Waals surface area (Å²) in [6.07, 6.45) is -4.42. The average Bonchev–Trinajstić information content (AvgIpc) is 2.04. The van der Waals surface area contributed by atoms with Crippen molar-refractivity contribution in [2.24, 2.45) is 0 Å². The third-order valence-corrected chi connectivity index (χ3v) is 1.38. The second-order valence-corrected chi connectivity index (χ2v) is 2.28. The Kier molecular flexibility index (Phi) is 2.75. The maximum Gasteiger partial charge on any atom is 0.416 e. The second kappa shape index (κ2) is 3.64. The summed E-state index contributed by atoms with van der Waals surface area (Å²) in [6, 6.07) is 4.06. The van der Waals surface area contributed by atoms with Crippen molar-refractivity contribution in [2.45, 2.75) is 6.18 Å². The largest absolute Gasteiger partial charge is 0.463 e. The molecule has 0 N–H and O–H groups in total. The molecule has 1 aromatic rings. The van der Waals surface area contributed by atoms with Gasteiger partial charge < -0.3 is 4.74 Å². The van der Waals surface area contributed by atoms with Crippen LogP contribution < -0.4 is 4.74 Å². The minimum atomic E-state index is -4.42. The van der Waals surface area contributed by atoms with Gasteiger partial charge in [0, 0.05) is 0 Å². The maximum atomic E-state index is 12.1. The zero-order valence-electron chi connectivity index (χ0n) is 6.44. The van der Waals surface area contributed by atoms with Gasteiger partial charge in [-0.25, -0.2) is 4.39 Å². The van der Waals surface area contributed by atoms with E-state index in [0.717, 1.165) is 18.2 Å². The molecule has 0 heterocycles. The normalized spacial score (nSPS) is 11.4. The molecule has 0 atom stereocenters. The Hall–Kier alpha value is -1.26. The summed E-state index contributed by atoms with van der Waals surface area (Å²) >= 11 is 0. The molecule has 0 spiro atoms. The molecule has 0 fully saturated rings. The fraction of sp³-hybridized carbons (Fsp3) is 0.250. The van der Waals surface area contributed by atoms with E-state index in [0.29, 0.717) is 0 Å². The van der Waals surface area contributed by atoms with Crippen molar-refractivity contribution in [1.29, 1.82) is 0 Å². The summed E-state index contributed by atoms with van der Waals surface area (Å²) in [6.45, 7) is -1.14. The Labute approximate surface area is 71.9 Å². The summed E-state index contributed by atoms with van der Waals surface area (Å²) in [4.78, 5) is 0. The van der Waals surface area contributed by atoms with Crippen LogP contribution in [0.4, 0.5) is 17.6 Å². The summed E-state index contributed by atoms with van der Waals surface area (Å²) < 4.78 is 52.1. The SMILES string of the molecule is FCOc1cccc(C(F)(F)F)c1. The van der Waals surface area contributed by atoms with Gasteiger partial charge in [0.05, 0.1) is 5.56 Å². The van der Waals surface area contributed by atoms with Crippen molar-refractivity contribution in [3.63, 3.8) is 0 Å². The van der Waals surface area contributed by atoms with Crippen LogP contribution in [0.15, 0.2) is 24.3 Å². The van der Waals surface area contributed by atoms with Crippen LogP contribution in [0.2, 0.25) is 0 Å². The van der Waals surface area contributed by atoms with Gasteiger partial charge in [-0.05, 0) is 18.2 Å². The molecule has 1 nitrogen and oxygen atoms in total. The van der Waals surface area contributed by atoms with Crippen LogP contribution in [0.1, 0.15) is 5.56 Å². The number of hydrogen-bond acceptors (Lipinski definition) is 1. The lowest BCUT2D eigenvalue weighted by Crippen LogP contribution is -2.04. The van der Waals surface area contributed by atoms with E-state index in [2.05, 4.69) is 4.74 Å². The minimum Gasteiger partial charge on any atom is -0.463 e. The van der Waals surface area contributed by atoms with Gasteiger partial charge in [-0.2, -0.15) is 13.2 Å². The van der Waals surface area contributed by atoms with E-state index < -0.39 is 18.6 Å². The Bertz CT molecular complexity index is 282. The minimum absolute atomic E-state index is 0.127. The number of benzene rings is 1. The number of alkyl halides is 4. The molecule has 0 amide bonds. The fourth-order valence-electron chi connectivity index (χ4n) is 0.825. The first-order valence-electron chi connectivity index (χ1n) is 3.40. The topological polar surface area (TPSA) is 9.23 Å². The molecule has 13 heavy (non-hydrogen) atoms. The van der Waals surface area contributed by atoms with E-state index in [-0.39, 0.29) is 5.75 Å². The monoisotopic (exact) mass is 194 g/mol. The van der Waals surface area contributed by atoms with Crippen molar-refractivity contribution >= 4 is 0 Å². The molecule has 0 aliphatic heterocycles. The van der Waals surface area contributed by atoms with Crippen LogP contribution in [-0.4, -0.2) is 6.86 Å². The van der Waals surface area contributed by atoms with E-state index >= 15 is 0 Å². The molecule has 0 aliphatic rings. The van der Waals surface area contributed by atoms with Gasteiger partial charge in [0.2, 0.25) is 6.86 Å². The molecule has 5 heteroatoms. The third-order valence-electron chi connectivity index (χ3n) is 1.38. The maximum absolute atomic E-state index is 12.1. The highest BCUT2D eigenvalue weighted by atomic mass is 19.4. The zero-order chi connectivity index (χ0) is 9.90. The highest BCUT2D eigenvalue weighted by Gasteiger charge is 2.30. The van der Waals surface area contributed by atoms with Crippen LogP contribution in [0.3, 0.4) is 0 Å². The van der Waals surface area contributed by atoms with E-state index in [9.17, 15) is 17.6 Å². The lowest BCUT2D eigenvalue weighted by atomic mass is 10.2. The quantitative estimate of drug-likeness (QED) is 0.657. The highest BCUT2D eigenvalue weighted by molar-refractivity contribution is 5.30. The van der Waals surface area contributed by atoms with Crippen molar-refractivity contribution in [3.05, 3.63) is 29.8 Å². The van der Waals surface area contributed by atoms with Crippen molar-refractivity contribution in [1.82, 2.24) is 0 Å². The standard InChI is InChI=1S/C8H6F4O/c9-5-13-7-3-1-2-6(4-7)8(10,11)12/h1-4H,5H2. The van der Waals surface area contributed by atoms with Crippen LogP contribution >= 0.6 is 0 Å². The van der Waals surface area contributed by atoms with Gasteiger partial charge in [-0.1, -0.05) is 6.07 Å². The number of halogens is 4. The van der Waals surface area contributed by atoms with Crippen LogP contribution in [-0.2, 0) is 6.18 Å². The smallest absolute Gasteiger partial charge is 0.416 e. The fourth-order valence-corrected chi connectivity index (χ4v) is 0.825. The molecule has 1 rings (SSSR count). The van der Waals surface area contributed by atoms with Gasteiger partial charge >= 0.3 is 6.18 Å². The first kappa shape index (κ1) is 9.83. The van der Waals surface area contributed by atoms with Gasteiger partial charge in [0.1, 0.15) is 5.75 Å². The molecule has 0 aromatic heterocycles. The average molecular weight is 194 g/mol. The van der Waals surface area contributed by atoms with E-state index in [4.69, 9.17) is 0 Å². The molecule has 72 valence electrons. The van der Waals surface area contributed by atoms with Crippen LogP contribution in [0.5, 0.6) is 5.75 Å². The molecule has 0 saturated heterocycles.